The molecule has 8 nitrogen and oxygen atoms in total. The number of ether oxygens (including phenoxy) is 1. The van der Waals surface area contributed by atoms with E-state index in [4.69, 9.17) is 14.7 Å². The second-order valence-corrected chi connectivity index (χ2v) is 8.02. The van der Waals surface area contributed by atoms with Gasteiger partial charge >= 0.3 is 0 Å². The van der Waals surface area contributed by atoms with E-state index >= 15 is 0 Å². The quantitative estimate of drug-likeness (QED) is 0.367. The van der Waals surface area contributed by atoms with Gasteiger partial charge in [0.15, 0.2) is 5.82 Å². The van der Waals surface area contributed by atoms with Gasteiger partial charge in [0, 0.05) is 55.3 Å². The standard InChI is InChI=1S/C27H24N6O2/c1-18(34)33-17-20(22-14-21(35-2)8-9-25(22)33)10-13-30-26-15-24(19-6-5-11-28-16-19)31-27(32-26)23-7-3-4-12-29-23/h3-9,11-12,14-17H,10,13H2,1-2H3,(H,30,31,32). The zero-order valence-electron chi connectivity index (χ0n) is 19.5. The van der Waals surface area contributed by atoms with Crippen molar-refractivity contribution in [3.05, 3.63) is 84.9 Å². The van der Waals surface area contributed by atoms with Crippen LogP contribution in [0.4, 0.5) is 5.82 Å². The number of fused-ring (bicyclic) bond motifs is 1. The molecule has 5 rings (SSSR count). The molecule has 8 heteroatoms. The molecular weight excluding hydrogens is 440 g/mol. The number of aromatic nitrogens is 5. The minimum Gasteiger partial charge on any atom is -0.497 e. The largest absolute Gasteiger partial charge is 0.497 e. The molecule has 0 radical (unpaired) electrons. The third kappa shape index (κ3) is 4.72. The number of benzene rings is 1. The van der Waals surface area contributed by atoms with Crippen molar-refractivity contribution < 1.29 is 9.53 Å². The summed E-state index contributed by atoms with van der Waals surface area (Å²) < 4.78 is 7.07. The van der Waals surface area contributed by atoms with Gasteiger partial charge in [-0.2, -0.15) is 0 Å². The number of hydrogen-bond donors (Lipinski definition) is 1. The van der Waals surface area contributed by atoms with Gasteiger partial charge in [0.25, 0.3) is 0 Å². The summed E-state index contributed by atoms with van der Waals surface area (Å²) in [5, 5.41) is 4.42. The van der Waals surface area contributed by atoms with Crippen LogP contribution in [0.25, 0.3) is 33.7 Å². The number of carbonyl (C=O) groups excluding carboxylic acids is 1. The maximum absolute atomic E-state index is 12.2. The van der Waals surface area contributed by atoms with Crippen molar-refractivity contribution in [2.24, 2.45) is 0 Å². The lowest BCUT2D eigenvalue weighted by Crippen LogP contribution is -2.08. The number of nitrogens with zero attached hydrogens (tertiary/aromatic N) is 5. The van der Waals surface area contributed by atoms with Crippen LogP contribution in [0.15, 0.2) is 79.4 Å². The summed E-state index contributed by atoms with van der Waals surface area (Å²) in [6, 6.07) is 17.2. The Morgan fingerprint density at radius 3 is 2.69 bits per heavy atom. The molecule has 0 unspecified atom stereocenters. The number of carbonyl (C=O) groups is 1. The minimum atomic E-state index is -0.0312. The predicted molar refractivity (Wildman–Crippen MR) is 135 cm³/mol. The average molecular weight is 465 g/mol. The van der Waals surface area contributed by atoms with E-state index in [2.05, 4.69) is 15.3 Å². The van der Waals surface area contributed by atoms with Crippen molar-refractivity contribution in [1.82, 2.24) is 24.5 Å². The molecule has 0 amide bonds. The summed E-state index contributed by atoms with van der Waals surface area (Å²) in [5.74, 6) is 1.95. The molecular formula is C27H24N6O2. The molecule has 35 heavy (non-hydrogen) atoms. The molecule has 0 spiro atoms. The molecule has 1 N–H and O–H groups in total. The lowest BCUT2D eigenvalue weighted by molar-refractivity contribution is 0.0941. The molecule has 4 aromatic heterocycles. The third-order valence-corrected chi connectivity index (χ3v) is 5.71. The van der Waals surface area contributed by atoms with Gasteiger partial charge in [0.1, 0.15) is 17.3 Å². The van der Waals surface area contributed by atoms with E-state index in [9.17, 15) is 4.79 Å². The van der Waals surface area contributed by atoms with Gasteiger partial charge in [-0.15, -0.1) is 0 Å². The van der Waals surface area contributed by atoms with Crippen LogP contribution in [-0.2, 0) is 6.42 Å². The number of nitrogens with one attached hydrogen (secondary N) is 1. The molecule has 0 saturated carbocycles. The fourth-order valence-electron chi connectivity index (χ4n) is 4.00. The number of rotatable bonds is 7. The molecule has 0 bridgehead atoms. The molecule has 174 valence electrons. The van der Waals surface area contributed by atoms with Gasteiger partial charge in [-0.1, -0.05) is 6.07 Å². The zero-order chi connectivity index (χ0) is 24.2. The van der Waals surface area contributed by atoms with Crippen LogP contribution in [0.1, 0.15) is 17.3 Å². The summed E-state index contributed by atoms with van der Waals surface area (Å²) in [5.41, 5.74) is 4.26. The van der Waals surface area contributed by atoms with E-state index in [0.717, 1.165) is 33.5 Å². The summed E-state index contributed by atoms with van der Waals surface area (Å²) in [6.07, 6.45) is 7.82. The highest BCUT2D eigenvalue weighted by Gasteiger charge is 2.13. The van der Waals surface area contributed by atoms with Gasteiger partial charge in [-0.25, -0.2) is 9.97 Å². The summed E-state index contributed by atoms with van der Waals surface area (Å²) >= 11 is 0. The molecule has 1 aromatic carbocycles. The normalized spacial score (nSPS) is 10.9. The van der Waals surface area contributed by atoms with Crippen LogP contribution < -0.4 is 10.1 Å². The lowest BCUT2D eigenvalue weighted by atomic mass is 10.1. The SMILES string of the molecule is COc1ccc2c(c1)c(CCNc1cc(-c3cccnc3)nc(-c3ccccn3)n1)cn2C(C)=O. The van der Waals surface area contributed by atoms with Crippen molar-refractivity contribution >= 4 is 22.6 Å². The van der Waals surface area contributed by atoms with Crippen molar-refractivity contribution in [2.75, 3.05) is 19.0 Å². The number of methoxy groups -OCH3 is 1. The Balaban J connectivity index is 1.44. The first-order valence-corrected chi connectivity index (χ1v) is 11.3. The van der Waals surface area contributed by atoms with Crippen molar-refractivity contribution in [3.63, 3.8) is 0 Å². The smallest absolute Gasteiger partial charge is 0.227 e. The summed E-state index contributed by atoms with van der Waals surface area (Å²) in [4.78, 5) is 30.2. The van der Waals surface area contributed by atoms with Gasteiger partial charge in [0.2, 0.25) is 5.91 Å². The fourth-order valence-corrected chi connectivity index (χ4v) is 4.00. The highest BCUT2D eigenvalue weighted by atomic mass is 16.5. The predicted octanol–water partition coefficient (Wildman–Crippen LogP) is 4.88. The molecule has 4 heterocycles. The van der Waals surface area contributed by atoms with Crippen LogP contribution in [0, 0.1) is 0 Å². The third-order valence-electron chi connectivity index (χ3n) is 5.71. The Labute approximate surface area is 202 Å². The summed E-state index contributed by atoms with van der Waals surface area (Å²) in [7, 11) is 1.64. The zero-order valence-corrected chi connectivity index (χ0v) is 19.5. The van der Waals surface area contributed by atoms with E-state index in [0.29, 0.717) is 30.3 Å². The Morgan fingerprint density at radius 2 is 1.94 bits per heavy atom. The number of hydrogen-bond acceptors (Lipinski definition) is 7. The number of anilines is 1. The van der Waals surface area contributed by atoms with Crippen LogP contribution in [0.3, 0.4) is 0 Å². The van der Waals surface area contributed by atoms with E-state index in [1.54, 1.807) is 37.2 Å². The molecule has 0 aliphatic rings. The van der Waals surface area contributed by atoms with E-state index in [1.807, 2.05) is 60.8 Å². The van der Waals surface area contributed by atoms with Crippen LogP contribution in [-0.4, -0.2) is 44.1 Å². The number of pyridine rings is 2. The maximum atomic E-state index is 12.2. The molecule has 0 atom stereocenters. The Bertz CT molecular complexity index is 1420. The molecule has 0 fully saturated rings. The molecule has 0 saturated heterocycles. The summed E-state index contributed by atoms with van der Waals surface area (Å²) in [6.45, 7) is 2.17. The Hall–Kier alpha value is -4.59. The van der Waals surface area contributed by atoms with Crippen molar-refractivity contribution in [1.29, 1.82) is 0 Å². The van der Waals surface area contributed by atoms with Gasteiger partial charge in [-0.3, -0.25) is 19.3 Å². The maximum Gasteiger partial charge on any atom is 0.227 e. The topological polar surface area (TPSA) is 94.8 Å². The Morgan fingerprint density at radius 1 is 1.03 bits per heavy atom. The fraction of sp³-hybridized carbons (Fsp3) is 0.148. The second kappa shape index (κ2) is 9.72. The van der Waals surface area contributed by atoms with Crippen LogP contribution in [0.2, 0.25) is 0 Å². The van der Waals surface area contributed by atoms with Crippen molar-refractivity contribution in [3.8, 4) is 28.5 Å². The first kappa shape index (κ1) is 22.2. The van der Waals surface area contributed by atoms with Gasteiger partial charge in [0.05, 0.1) is 18.3 Å². The first-order valence-electron chi connectivity index (χ1n) is 11.3. The van der Waals surface area contributed by atoms with E-state index in [-0.39, 0.29) is 5.91 Å². The monoisotopic (exact) mass is 464 g/mol. The first-order chi connectivity index (χ1) is 17.1. The van der Waals surface area contributed by atoms with E-state index < -0.39 is 0 Å². The molecule has 0 aliphatic carbocycles. The molecule has 0 aliphatic heterocycles. The highest BCUT2D eigenvalue weighted by molar-refractivity contribution is 5.94. The van der Waals surface area contributed by atoms with E-state index in [1.165, 1.54) is 0 Å². The lowest BCUT2D eigenvalue weighted by Gasteiger charge is -2.10. The van der Waals surface area contributed by atoms with Crippen molar-refractivity contribution in [2.45, 2.75) is 13.3 Å². The minimum absolute atomic E-state index is 0.0312. The highest BCUT2D eigenvalue weighted by Crippen LogP contribution is 2.27. The van der Waals surface area contributed by atoms with Crippen LogP contribution >= 0.6 is 0 Å². The average Bonchev–Trinajstić information content (AvgIpc) is 3.27. The molecule has 5 aromatic rings. The van der Waals surface area contributed by atoms with Gasteiger partial charge < -0.3 is 10.1 Å². The van der Waals surface area contributed by atoms with Gasteiger partial charge in [-0.05, 0) is 54.4 Å². The Kier molecular flexibility index (Phi) is 6.17. The second-order valence-electron chi connectivity index (χ2n) is 8.02. The van der Waals surface area contributed by atoms with Crippen LogP contribution in [0.5, 0.6) is 5.75 Å².